The van der Waals surface area contributed by atoms with E-state index in [1.807, 2.05) is 0 Å². The van der Waals surface area contributed by atoms with Crippen molar-refractivity contribution in [2.24, 2.45) is 11.8 Å². The summed E-state index contributed by atoms with van der Waals surface area (Å²) in [5.74, 6) is 0.756. The summed E-state index contributed by atoms with van der Waals surface area (Å²) in [6.07, 6.45) is 6.93. The Hall–Kier alpha value is -1.36. The van der Waals surface area contributed by atoms with Crippen molar-refractivity contribution >= 4 is 5.97 Å². The van der Waals surface area contributed by atoms with Crippen molar-refractivity contribution in [2.45, 2.75) is 38.6 Å². The minimum atomic E-state index is -0.686. The van der Waals surface area contributed by atoms with Crippen LogP contribution in [0.5, 0.6) is 0 Å². The van der Waals surface area contributed by atoms with Crippen molar-refractivity contribution in [3.63, 3.8) is 0 Å². The minimum absolute atomic E-state index is 0.248. The van der Waals surface area contributed by atoms with Crippen molar-refractivity contribution in [3.8, 4) is 0 Å². The minimum Gasteiger partial charge on any atom is -0.481 e. The molecule has 5 nitrogen and oxygen atoms in total. The van der Waals surface area contributed by atoms with Crippen molar-refractivity contribution in [2.75, 3.05) is 13.1 Å². The van der Waals surface area contributed by atoms with Crippen LogP contribution in [0.4, 0.5) is 0 Å². The summed E-state index contributed by atoms with van der Waals surface area (Å²) in [6, 6.07) is 0. The third kappa shape index (κ3) is 2.81. The number of carboxylic acids is 1. The Bertz CT molecular complexity index is 463. The Balaban J connectivity index is 1.67. The highest BCUT2D eigenvalue weighted by atomic mass is 16.4. The molecule has 2 aliphatic heterocycles. The zero-order valence-corrected chi connectivity index (χ0v) is 11.1. The van der Waals surface area contributed by atoms with E-state index in [1.165, 1.54) is 12.8 Å². The van der Waals surface area contributed by atoms with Gasteiger partial charge in [0.25, 0.3) is 0 Å². The molecule has 2 aliphatic rings. The zero-order valence-electron chi connectivity index (χ0n) is 11.1. The first-order valence-electron chi connectivity index (χ1n) is 7.21. The number of imidazole rings is 1. The highest BCUT2D eigenvalue weighted by Gasteiger charge is 2.26. The molecule has 1 aromatic rings. The summed E-state index contributed by atoms with van der Waals surface area (Å²) in [7, 11) is 0. The molecule has 2 N–H and O–H groups in total. The molecule has 0 aliphatic carbocycles. The van der Waals surface area contributed by atoms with E-state index in [-0.39, 0.29) is 5.92 Å². The molecule has 5 heteroatoms. The number of aliphatic carboxylic acids is 1. The third-order valence-corrected chi connectivity index (χ3v) is 4.36. The van der Waals surface area contributed by atoms with Crippen LogP contribution in [0.2, 0.25) is 0 Å². The summed E-state index contributed by atoms with van der Waals surface area (Å²) < 4.78 is 2.15. The van der Waals surface area contributed by atoms with Crippen molar-refractivity contribution in [1.29, 1.82) is 0 Å². The van der Waals surface area contributed by atoms with Gasteiger partial charge in [-0.05, 0) is 44.7 Å². The van der Waals surface area contributed by atoms with Crippen molar-refractivity contribution < 1.29 is 9.90 Å². The van der Waals surface area contributed by atoms with Gasteiger partial charge < -0.3 is 15.0 Å². The molecule has 0 saturated carbocycles. The number of carbonyl (C=O) groups is 1. The van der Waals surface area contributed by atoms with Crippen LogP contribution < -0.4 is 5.32 Å². The second-order valence-electron chi connectivity index (χ2n) is 5.77. The van der Waals surface area contributed by atoms with Crippen LogP contribution >= 0.6 is 0 Å². The lowest BCUT2D eigenvalue weighted by molar-refractivity contribution is -0.142. The van der Waals surface area contributed by atoms with E-state index < -0.39 is 5.97 Å². The van der Waals surface area contributed by atoms with Crippen LogP contribution in [0, 0.1) is 11.8 Å². The van der Waals surface area contributed by atoms with Gasteiger partial charge in [-0.25, -0.2) is 4.98 Å². The average molecular weight is 263 g/mol. The number of nitrogens with one attached hydrogen (secondary N) is 1. The first-order valence-corrected chi connectivity index (χ1v) is 7.21. The molecule has 19 heavy (non-hydrogen) atoms. The van der Waals surface area contributed by atoms with Crippen LogP contribution in [0.25, 0.3) is 0 Å². The van der Waals surface area contributed by atoms with Gasteiger partial charge in [-0.2, -0.15) is 0 Å². The monoisotopic (exact) mass is 263 g/mol. The van der Waals surface area contributed by atoms with Gasteiger partial charge in [-0.1, -0.05) is 0 Å². The predicted octanol–water partition coefficient (Wildman–Crippen LogP) is 1.07. The first-order chi connectivity index (χ1) is 9.22. The van der Waals surface area contributed by atoms with Gasteiger partial charge >= 0.3 is 5.97 Å². The lowest BCUT2D eigenvalue weighted by Gasteiger charge is -2.21. The zero-order chi connectivity index (χ0) is 13.2. The van der Waals surface area contributed by atoms with Crippen LogP contribution in [0.15, 0.2) is 6.20 Å². The quantitative estimate of drug-likeness (QED) is 0.856. The lowest BCUT2D eigenvalue weighted by Crippen LogP contribution is -2.28. The van der Waals surface area contributed by atoms with E-state index >= 15 is 0 Å². The standard InChI is InChI=1S/C14H21N3O2/c18-14(19)11-3-6-17-9-12(16-13(17)8-11)7-10-1-4-15-5-2-10/h9-11,15H,1-8H2,(H,18,19). The molecule has 1 unspecified atom stereocenters. The van der Waals surface area contributed by atoms with Gasteiger partial charge in [-0.15, -0.1) is 0 Å². The Morgan fingerprint density at radius 2 is 2.21 bits per heavy atom. The second kappa shape index (κ2) is 5.33. The number of hydrogen-bond acceptors (Lipinski definition) is 3. The highest BCUT2D eigenvalue weighted by Crippen LogP contribution is 2.23. The number of hydrogen-bond donors (Lipinski definition) is 2. The molecule has 1 atom stereocenters. The number of aromatic nitrogens is 2. The van der Waals surface area contributed by atoms with E-state index in [0.717, 1.165) is 49.9 Å². The molecule has 1 saturated heterocycles. The SMILES string of the molecule is O=C(O)C1CCn2cc(CC3CCNCC3)nc2C1. The predicted molar refractivity (Wildman–Crippen MR) is 71.0 cm³/mol. The van der Waals surface area contributed by atoms with Gasteiger partial charge in [0.1, 0.15) is 5.82 Å². The van der Waals surface area contributed by atoms with E-state index in [1.54, 1.807) is 0 Å². The number of piperidine rings is 1. The Morgan fingerprint density at radius 1 is 1.42 bits per heavy atom. The third-order valence-electron chi connectivity index (χ3n) is 4.36. The van der Waals surface area contributed by atoms with Gasteiger partial charge in [0.15, 0.2) is 0 Å². The van der Waals surface area contributed by atoms with E-state index in [9.17, 15) is 4.79 Å². The molecule has 104 valence electrons. The molecule has 0 radical (unpaired) electrons. The van der Waals surface area contributed by atoms with Crippen molar-refractivity contribution in [3.05, 3.63) is 17.7 Å². The summed E-state index contributed by atoms with van der Waals surface area (Å²) >= 11 is 0. The van der Waals surface area contributed by atoms with E-state index in [0.29, 0.717) is 6.42 Å². The molecule has 1 fully saturated rings. The maximum Gasteiger partial charge on any atom is 0.307 e. The van der Waals surface area contributed by atoms with Crippen LogP contribution in [0.3, 0.4) is 0 Å². The molecule has 0 spiro atoms. The smallest absolute Gasteiger partial charge is 0.307 e. The average Bonchev–Trinajstić information content (AvgIpc) is 2.80. The van der Waals surface area contributed by atoms with Gasteiger partial charge in [-0.3, -0.25) is 4.79 Å². The summed E-state index contributed by atoms with van der Waals surface area (Å²) in [5, 5.41) is 12.5. The fourth-order valence-corrected chi connectivity index (χ4v) is 3.18. The van der Waals surface area contributed by atoms with Crippen LogP contribution in [-0.4, -0.2) is 33.7 Å². The molecule has 0 aromatic carbocycles. The lowest BCUT2D eigenvalue weighted by atomic mass is 9.93. The Labute approximate surface area is 113 Å². The summed E-state index contributed by atoms with van der Waals surface area (Å²) in [6.45, 7) is 3.02. The fraction of sp³-hybridized carbons (Fsp3) is 0.714. The van der Waals surface area contributed by atoms with Crippen molar-refractivity contribution in [1.82, 2.24) is 14.9 Å². The number of carboxylic acid groups (broad SMARTS) is 1. The first kappa shape index (κ1) is 12.7. The second-order valence-corrected chi connectivity index (χ2v) is 5.77. The maximum atomic E-state index is 11.0. The molecule has 0 bridgehead atoms. The Morgan fingerprint density at radius 3 is 2.95 bits per heavy atom. The van der Waals surface area contributed by atoms with Gasteiger partial charge in [0.05, 0.1) is 11.6 Å². The van der Waals surface area contributed by atoms with Gasteiger partial charge in [0, 0.05) is 19.2 Å². The van der Waals surface area contributed by atoms with E-state index in [2.05, 4.69) is 21.1 Å². The van der Waals surface area contributed by atoms with Crippen LogP contribution in [-0.2, 0) is 24.2 Å². The van der Waals surface area contributed by atoms with Crippen LogP contribution in [0.1, 0.15) is 30.8 Å². The fourth-order valence-electron chi connectivity index (χ4n) is 3.18. The molecule has 0 amide bonds. The van der Waals surface area contributed by atoms with E-state index in [4.69, 9.17) is 5.11 Å². The number of aryl methyl sites for hydroxylation is 1. The summed E-state index contributed by atoms with van der Waals surface area (Å²) in [4.78, 5) is 15.7. The number of fused-ring (bicyclic) bond motifs is 1. The summed E-state index contributed by atoms with van der Waals surface area (Å²) in [5.41, 5.74) is 1.15. The largest absolute Gasteiger partial charge is 0.481 e. The Kier molecular flexibility index (Phi) is 3.55. The maximum absolute atomic E-state index is 11.0. The molecule has 3 heterocycles. The number of nitrogens with zero attached hydrogens (tertiary/aromatic N) is 2. The molecular weight excluding hydrogens is 242 g/mol. The van der Waals surface area contributed by atoms with Gasteiger partial charge in [0.2, 0.25) is 0 Å². The molecular formula is C14H21N3O2. The topological polar surface area (TPSA) is 67.2 Å². The highest BCUT2D eigenvalue weighted by molar-refractivity contribution is 5.70. The normalized spacial score (nSPS) is 24.1. The molecule has 1 aromatic heterocycles. The molecule has 3 rings (SSSR count). The number of rotatable bonds is 3.